The van der Waals surface area contributed by atoms with Crippen molar-refractivity contribution in [3.63, 3.8) is 0 Å². The molecule has 1 saturated carbocycles. The maximum Gasteiger partial charge on any atom is 0.346 e. The van der Waals surface area contributed by atoms with E-state index in [9.17, 15) is 19.4 Å². The maximum absolute atomic E-state index is 15.4. The van der Waals surface area contributed by atoms with Gasteiger partial charge in [0.2, 0.25) is 0 Å². The van der Waals surface area contributed by atoms with Crippen molar-refractivity contribution in [2.45, 2.75) is 43.4 Å². The third kappa shape index (κ3) is 5.31. The highest BCUT2D eigenvalue weighted by Gasteiger charge is 2.41. The van der Waals surface area contributed by atoms with Crippen molar-refractivity contribution >= 4 is 5.97 Å². The summed E-state index contributed by atoms with van der Waals surface area (Å²) in [5.41, 5.74) is -2.37. The van der Waals surface area contributed by atoms with Gasteiger partial charge in [-0.15, -0.1) is 0 Å². The number of alkyl halides is 1. The number of carbonyl (C=O) groups is 1. The summed E-state index contributed by atoms with van der Waals surface area (Å²) in [5, 5.41) is 22.0. The topological polar surface area (TPSA) is 70.0 Å². The van der Waals surface area contributed by atoms with E-state index in [0.29, 0.717) is 12.0 Å². The van der Waals surface area contributed by atoms with Crippen molar-refractivity contribution in [2.24, 2.45) is 5.92 Å². The lowest BCUT2D eigenvalue weighted by atomic mass is 9.71. The summed E-state index contributed by atoms with van der Waals surface area (Å²) in [6.45, 7) is 0.741. The van der Waals surface area contributed by atoms with Crippen LogP contribution >= 0.6 is 0 Å². The Balaban J connectivity index is 1.51. The summed E-state index contributed by atoms with van der Waals surface area (Å²) in [5.74, 6) is -1.47. The number of esters is 1. The molecule has 0 radical (unpaired) electrons. The molecule has 1 fully saturated rings. The van der Waals surface area contributed by atoms with Crippen LogP contribution in [0.15, 0.2) is 72.0 Å². The fourth-order valence-corrected chi connectivity index (χ4v) is 5.10. The lowest BCUT2D eigenvalue weighted by Gasteiger charge is -2.41. The molecule has 3 atom stereocenters. The van der Waals surface area contributed by atoms with Crippen molar-refractivity contribution in [3.05, 3.63) is 89.0 Å². The van der Waals surface area contributed by atoms with Crippen LogP contribution in [0.5, 0.6) is 5.75 Å². The number of hydrogen-bond donors (Lipinski definition) is 2. The number of carbonyl (C=O) groups excluding carboxylic acids is 1. The highest BCUT2D eigenvalue weighted by molar-refractivity contribution is 5.94. The Morgan fingerprint density at radius 3 is 2.57 bits per heavy atom. The highest BCUT2D eigenvalue weighted by Crippen LogP contribution is 2.43. The minimum atomic E-state index is -2.06. The van der Waals surface area contributed by atoms with Crippen LogP contribution < -0.4 is 4.74 Å². The predicted octanol–water partition coefficient (Wildman–Crippen LogP) is 5.31. The van der Waals surface area contributed by atoms with Crippen molar-refractivity contribution in [2.75, 3.05) is 20.6 Å². The first kappa shape index (κ1) is 25.1. The molecule has 186 valence electrons. The van der Waals surface area contributed by atoms with Crippen LogP contribution in [0.25, 0.3) is 0 Å². The largest absolute Gasteiger partial charge is 0.511 e. The van der Waals surface area contributed by atoms with Crippen LogP contribution in [0, 0.1) is 11.7 Å². The van der Waals surface area contributed by atoms with E-state index < -0.39 is 35.2 Å². The SMILES string of the molecule is CN(C)CC1CCCCC1(O)c1cccc(OC(=O)C2=C(O)CC(F)(c3ccc(F)cc3)C=C2)c1. The number of hydrogen-bond acceptors (Lipinski definition) is 5. The monoisotopic (exact) mass is 483 g/mol. The first-order valence-corrected chi connectivity index (χ1v) is 11.9. The van der Waals surface area contributed by atoms with E-state index in [0.717, 1.165) is 37.9 Å². The van der Waals surface area contributed by atoms with Crippen LogP contribution in [0.2, 0.25) is 0 Å². The number of rotatable bonds is 6. The maximum atomic E-state index is 15.4. The fraction of sp³-hybridized carbons (Fsp3) is 0.393. The Bertz CT molecular complexity index is 1140. The van der Waals surface area contributed by atoms with Gasteiger partial charge in [-0.25, -0.2) is 13.6 Å². The van der Waals surface area contributed by atoms with E-state index in [-0.39, 0.29) is 22.8 Å². The number of aliphatic hydroxyl groups excluding tert-OH is 1. The molecule has 5 nitrogen and oxygen atoms in total. The van der Waals surface area contributed by atoms with Crippen LogP contribution in [-0.2, 0) is 16.1 Å². The summed E-state index contributed by atoms with van der Waals surface area (Å²) in [7, 11) is 3.96. The van der Waals surface area contributed by atoms with Gasteiger partial charge in [0.15, 0.2) is 5.67 Å². The summed E-state index contributed by atoms with van der Waals surface area (Å²) in [4.78, 5) is 14.9. The summed E-state index contributed by atoms with van der Waals surface area (Å²) in [6, 6.07) is 11.7. The molecule has 0 aromatic heterocycles. The van der Waals surface area contributed by atoms with Gasteiger partial charge in [-0.2, -0.15) is 0 Å². The molecule has 0 heterocycles. The van der Waals surface area contributed by atoms with Gasteiger partial charge < -0.3 is 19.8 Å². The number of aliphatic hydroxyl groups is 2. The smallest absolute Gasteiger partial charge is 0.346 e. The molecule has 3 unspecified atom stereocenters. The first-order valence-electron chi connectivity index (χ1n) is 11.9. The Labute approximate surface area is 204 Å². The standard InChI is InChI=1S/C28H31F2NO4/c1-31(2)18-21-6-3-4-14-28(21,34)20-7-5-8-23(16-20)35-26(33)24-13-15-27(30,17-25(24)32)19-9-11-22(29)12-10-19/h5,7-13,15-16,21,32,34H,3-4,6,14,17-18H2,1-2H3. The van der Waals surface area contributed by atoms with Crippen LogP contribution in [-0.4, -0.2) is 41.7 Å². The highest BCUT2D eigenvalue weighted by atomic mass is 19.1. The number of ether oxygens (including phenoxy) is 1. The van der Waals surface area contributed by atoms with Crippen LogP contribution in [0.1, 0.15) is 43.2 Å². The average molecular weight is 484 g/mol. The van der Waals surface area contributed by atoms with Gasteiger partial charge in [0, 0.05) is 18.9 Å². The number of halogens is 2. The van der Waals surface area contributed by atoms with E-state index in [1.807, 2.05) is 20.2 Å². The molecule has 4 rings (SSSR count). The van der Waals surface area contributed by atoms with Crippen molar-refractivity contribution in [1.29, 1.82) is 0 Å². The van der Waals surface area contributed by atoms with E-state index in [2.05, 4.69) is 4.90 Å². The summed E-state index contributed by atoms with van der Waals surface area (Å²) in [6.07, 6.45) is 5.40. The molecule has 0 bridgehead atoms. The molecule has 2 N–H and O–H groups in total. The molecule has 0 saturated heterocycles. The van der Waals surface area contributed by atoms with Crippen LogP contribution in [0.3, 0.4) is 0 Å². The van der Waals surface area contributed by atoms with Crippen molar-refractivity contribution in [1.82, 2.24) is 4.90 Å². The molecule has 2 aliphatic rings. The minimum absolute atomic E-state index is 0.0503. The Morgan fingerprint density at radius 1 is 1.14 bits per heavy atom. The number of nitrogens with zero attached hydrogens (tertiary/aromatic N) is 1. The lowest BCUT2D eigenvalue weighted by molar-refractivity contribution is -0.130. The van der Waals surface area contributed by atoms with Gasteiger partial charge in [0.05, 0.1) is 11.2 Å². The molecule has 0 amide bonds. The zero-order valence-electron chi connectivity index (χ0n) is 20.0. The predicted molar refractivity (Wildman–Crippen MR) is 129 cm³/mol. The molecule has 0 spiro atoms. The Hall–Kier alpha value is -3.03. The van der Waals surface area contributed by atoms with Gasteiger partial charge in [0.25, 0.3) is 0 Å². The average Bonchev–Trinajstić information content (AvgIpc) is 2.81. The molecule has 0 aliphatic heterocycles. The number of allylic oxidation sites excluding steroid dienone is 2. The fourth-order valence-electron chi connectivity index (χ4n) is 5.10. The normalized spacial score (nSPS) is 26.7. The zero-order valence-corrected chi connectivity index (χ0v) is 20.0. The van der Waals surface area contributed by atoms with Crippen LogP contribution in [0.4, 0.5) is 8.78 Å². The van der Waals surface area contributed by atoms with Gasteiger partial charge in [0.1, 0.15) is 17.3 Å². The third-order valence-electron chi connectivity index (χ3n) is 6.96. The second-order valence-electron chi connectivity index (χ2n) is 9.79. The summed E-state index contributed by atoms with van der Waals surface area (Å²) < 4.78 is 34.1. The van der Waals surface area contributed by atoms with Gasteiger partial charge >= 0.3 is 5.97 Å². The van der Waals surface area contributed by atoms with Crippen molar-refractivity contribution < 1.29 is 28.5 Å². The third-order valence-corrected chi connectivity index (χ3v) is 6.96. The van der Waals surface area contributed by atoms with E-state index in [1.165, 1.54) is 24.3 Å². The molecule has 2 aromatic carbocycles. The Morgan fingerprint density at radius 2 is 1.89 bits per heavy atom. The molecule has 35 heavy (non-hydrogen) atoms. The van der Waals surface area contributed by atoms with Gasteiger partial charge in [-0.3, -0.25) is 0 Å². The quantitative estimate of drug-likeness (QED) is 0.431. The molecule has 2 aromatic rings. The second-order valence-corrected chi connectivity index (χ2v) is 9.79. The van der Waals surface area contributed by atoms with Gasteiger partial charge in [-0.1, -0.05) is 37.1 Å². The molecular formula is C28H31F2NO4. The molecule has 2 aliphatic carbocycles. The Kier molecular flexibility index (Phi) is 7.10. The summed E-state index contributed by atoms with van der Waals surface area (Å²) >= 11 is 0. The molecule has 7 heteroatoms. The lowest BCUT2D eigenvalue weighted by Crippen LogP contribution is -2.43. The minimum Gasteiger partial charge on any atom is -0.511 e. The first-order chi connectivity index (χ1) is 16.6. The van der Waals surface area contributed by atoms with E-state index in [4.69, 9.17) is 4.74 Å². The second kappa shape index (κ2) is 9.91. The van der Waals surface area contributed by atoms with Gasteiger partial charge in [-0.05, 0) is 74.5 Å². The molecular weight excluding hydrogens is 452 g/mol. The number of benzene rings is 2. The van der Waals surface area contributed by atoms with E-state index in [1.54, 1.807) is 18.2 Å². The zero-order chi connectivity index (χ0) is 25.2. The van der Waals surface area contributed by atoms with Crippen molar-refractivity contribution in [3.8, 4) is 5.75 Å². The van der Waals surface area contributed by atoms with E-state index >= 15 is 4.39 Å².